The third-order valence-corrected chi connectivity index (χ3v) is 5.06. The molecule has 0 aliphatic heterocycles. The summed E-state index contributed by atoms with van der Waals surface area (Å²) in [6, 6.07) is 9.15. The quantitative estimate of drug-likeness (QED) is 0.851. The van der Waals surface area contributed by atoms with E-state index < -0.39 is 15.7 Å². The summed E-state index contributed by atoms with van der Waals surface area (Å²) in [5.41, 5.74) is 1.93. The van der Waals surface area contributed by atoms with Crippen LogP contribution in [0.15, 0.2) is 41.3 Å². The largest absolute Gasteiger partial charge is 0.326 e. The molecule has 0 unspecified atom stereocenters. The summed E-state index contributed by atoms with van der Waals surface area (Å²) in [7, 11) is -3.55. The molecule has 2 N–H and O–H groups in total. The lowest BCUT2D eigenvalue weighted by molar-refractivity contribution is -0.114. The van der Waals surface area contributed by atoms with Gasteiger partial charge in [0.05, 0.1) is 9.92 Å². The second kappa shape index (κ2) is 7.25. The van der Waals surface area contributed by atoms with Crippen LogP contribution < -0.4 is 10.6 Å². The predicted molar refractivity (Wildman–Crippen MR) is 98.0 cm³/mol. The number of carbonyl (C=O) groups is 2. The standard InChI is InChI=1S/C17H17ClN2O4S/c1-10-14(19-11(2)21)5-4-6-15(10)20-17(22)12-7-8-13(18)16(9-12)25(3,23)24/h4-9H,1-3H3,(H,19,21)(H,20,22). The van der Waals surface area contributed by atoms with E-state index in [1.54, 1.807) is 25.1 Å². The number of rotatable bonds is 4. The van der Waals surface area contributed by atoms with Crippen LogP contribution in [0.3, 0.4) is 0 Å². The molecule has 0 spiro atoms. The van der Waals surface area contributed by atoms with Crippen LogP contribution in [0, 0.1) is 6.92 Å². The Kier molecular flexibility index (Phi) is 5.49. The van der Waals surface area contributed by atoms with Crippen LogP contribution in [-0.4, -0.2) is 26.5 Å². The van der Waals surface area contributed by atoms with Crippen molar-refractivity contribution >= 4 is 44.6 Å². The molecule has 0 bridgehead atoms. The van der Waals surface area contributed by atoms with E-state index in [2.05, 4.69) is 10.6 Å². The second-order valence-corrected chi connectivity index (χ2v) is 7.92. The van der Waals surface area contributed by atoms with Gasteiger partial charge in [-0.25, -0.2) is 8.42 Å². The first kappa shape index (κ1) is 19.0. The second-order valence-electron chi connectivity index (χ2n) is 5.53. The molecule has 0 aliphatic carbocycles. The molecule has 0 atom stereocenters. The van der Waals surface area contributed by atoms with Crippen molar-refractivity contribution in [2.45, 2.75) is 18.7 Å². The summed E-state index contributed by atoms with van der Waals surface area (Å²) >= 11 is 5.89. The molecule has 2 aromatic carbocycles. The minimum absolute atomic E-state index is 0.0582. The fourth-order valence-electron chi connectivity index (χ4n) is 2.22. The van der Waals surface area contributed by atoms with Crippen LogP contribution in [0.2, 0.25) is 5.02 Å². The van der Waals surface area contributed by atoms with Gasteiger partial charge in [-0.3, -0.25) is 9.59 Å². The molecule has 0 radical (unpaired) electrons. The number of hydrogen-bond acceptors (Lipinski definition) is 4. The number of carbonyl (C=O) groups excluding carboxylic acids is 2. The maximum atomic E-state index is 12.5. The number of halogens is 1. The Morgan fingerprint density at radius 1 is 1.04 bits per heavy atom. The van der Waals surface area contributed by atoms with E-state index in [0.29, 0.717) is 16.9 Å². The van der Waals surface area contributed by atoms with E-state index in [9.17, 15) is 18.0 Å². The maximum absolute atomic E-state index is 12.5. The van der Waals surface area contributed by atoms with Crippen molar-refractivity contribution in [1.82, 2.24) is 0 Å². The van der Waals surface area contributed by atoms with Crippen LogP contribution in [0.5, 0.6) is 0 Å². The van der Waals surface area contributed by atoms with Crippen molar-refractivity contribution in [3.8, 4) is 0 Å². The zero-order valence-corrected chi connectivity index (χ0v) is 15.5. The number of benzene rings is 2. The molecule has 2 aromatic rings. The van der Waals surface area contributed by atoms with Crippen molar-refractivity contribution in [2.24, 2.45) is 0 Å². The van der Waals surface area contributed by atoms with Gasteiger partial charge in [-0.2, -0.15) is 0 Å². The van der Waals surface area contributed by atoms with Gasteiger partial charge in [0.15, 0.2) is 9.84 Å². The first-order chi connectivity index (χ1) is 11.6. The van der Waals surface area contributed by atoms with Gasteiger partial charge in [0, 0.05) is 30.1 Å². The third kappa shape index (κ3) is 4.58. The zero-order valence-electron chi connectivity index (χ0n) is 13.9. The molecule has 0 saturated carbocycles. The smallest absolute Gasteiger partial charge is 0.255 e. The minimum Gasteiger partial charge on any atom is -0.326 e. The maximum Gasteiger partial charge on any atom is 0.255 e. The average molecular weight is 381 g/mol. The summed E-state index contributed by atoms with van der Waals surface area (Å²) in [4.78, 5) is 23.6. The molecule has 8 heteroatoms. The Bertz CT molecular complexity index is 955. The van der Waals surface area contributed by atoms with Crippen LogP contribution in [0.25, 0.3) is 0 Å². The molecule has 0 aromatic heterocycles. The molecule has 0 fully saturated rings. The monoisotopic (exact) mass is 380 g/mol. The minimum atomic E-state index is -3.55. The number of anilines is 2. The molecular formula is C17H17ClN2O4S. The van der Waals surface area contributed by atoms with E-state index in [-0.39, 0.29) is 21.4 Å². The number of nitrogens with one attached hydrogen (secondary N) is 2. The Balaban J connectivity index is 2.34. The molecule has 25 heavy (non-hydrogen) atoms. The van der Waals surface area contributed by atoms with Crippen LogP contribution in [0.1, 0.15) is 22.8 Å². The lowest BCUT2D eigenvalue weighted by Gasteiger charge is -2.13. The van der Waals surface area contributed by atoms with Crippen LogP contribution in [0.4, 0.5) is 11.4 Å². The van der Waals surface area contributed by atoms with Crippen molar-refractivity contribution in [2.75, 3.05) is 16.9 Å². The molecule has 2 amide bonds. The average Bonchev–Trinajstić information content (AvgIpc) is 2.50. The van der Waals surface area contributed by atoms with Gasteiger partial charge in [-0.05, 0) is 42.8 Å². The van der Waals surface area contributed by atoms with Crippen LogP contribution >= 0.6 is 11.6 Å². The predicted octanol–water partition coefficient (Wildman–Crippen LogP) is 3.26. The summed E-state index contributed by atoms with van der Waals surface area (Å²) < 4.78 is 23.5. The Morgan fingerprint density at radius 3 is 2.20 bits per heavy atom. The molecule has 0 saturated heterocycles. The van der Waals surface area contributed by atoms with Crippen molar-refractivity contribution in [3.63, 3.8) is 0 Å². The lowest BCUT2D eigenvalue weighted by atomic mass is 10.1. The topological polar surface area (TPSA) is 92.3 Å². The first-order valence-electron chi connectivity index (χ1n) is 7.27. The van der Waals surface area contributed by atoms with Crippen molar-refractivity contribution in [3.05, 3.63) is 52.5 Å². The molecule has 2 rings (SSSR count). The summed E-state index contributed by atoms with van der Waals surface area (Å²) in [5.74, 6) is -0.702. The van der Waals surface area contributed by atoms with Gasteiger partial charge in [0.2, 0.25) is 5.91 Å². The molecule has 0 heterocycles. The molecule has 0 aliphatic rings. The summed E-state index contributed by atoms with van der Waals surface area (Å²) in [5, 5.41) is 5.44. The molecular weight excluding hydrogens is 364 g/mol. The highest BCUT2D eigenvalue weighted by molar-refractivity contribution is 7.90. The van der Waals surface area contributed by atoms with E-state index in [0.717, 1.165) is 6.26 Å². The molecule has 6 nitrogen and oxygen atoms in total. The van der Waals surface area contributed by atoms with E-state index in [1.807, 2.05) is 0 Å². The summed E-state index contributed by atoms with van der Waals surface area (Å²) in [6.45, 7) is 3.15. The highest BCUT2D eigenvalue weighted by atomic mass is 35.5. The van der Waals surface area contributed by atoms with E-state index >= 15 is 0 Å². The number of amides is 2. The van der Waals surface area contributed by atoms with Gasteiger partial charge in [0.1, 0.15) is 0 Å². The fourth-order valence-corrected chi connectivity index (χ4v) is 3.52. The highest BCUT2D eigenvalue weighted by Crippen LogP contribution is 2.26. The lowest BCUT2D eigenvalue weighted by Crippen LogP contribution is -2.15. The SMILES string of the molecule is CC(=O)Nc1cccc(NC(=O)c2ccc(Cl)c(S(C)(=O)=O)c2)c1C. The van der Waals surface area contributed by atoms with Crippen molar-refractivity contribution < 1.29 is 18.0 Å². The van der Waals surface area contributed by atoms with Crippen LogP contribution in [-0.2, 0) is 14.6 Å². The van der Waals surface area contributed by atoms with Gasteiger partial charge < -0.3 is 10.6 Å². The normalized spacial score (nSPS) is 11.0. The van der Waals surface area contributed by atoms with Gasteiger partial charge in [-0.1, -0.05) is 17.7 Å². The zero-order chi connectivity index (χ0) is 18.8. The van der Waals surface area contributed by atoms with Gasteiger partial charge in [-0.15, -0.1) is 0 Å². The van der Waals surface area contributed by atoms with Crippen molar-refractivity contribution in [1.29, 1.82) is 0 Å². The Hall–Kier alpha value is -2.38. The fraction of sp³-hybridized carbons (Fsp3) is 0.176. The first-order valence-corrected chi connectivity index (χ1v) is 9.54. The Labute approximate surface area is 151 Å². The van der Waals surface area contributed by atoms with Gasteiger partial charge in [0.25, 0.3) is 5.91 Å². The number of hydrogen-bond donors (Lipinski definition) is 2. The highest BCUT2D eigenvalue weighted by Gasteiger charge is 2.17. The number of sulfone groups is 1. The molecule has 132 valence electrons. The van der Waals surface area contributed by atoms with Gasteiger partial charge >= 0.3 is 0 Å². The van der Waals surface area contributed by atoms with E-state index in [4.69, 9.17) is 11.6 Å². The Morgan fingerprint density at radius 2 is 1.64 bits per heavy atom. The summed E-state index contributed by atoms with van der Waals surface area (Å²) in [6.07, 6.45) is 1.02. The third-order valence-electron chi connectivity index (χ3n) is 3.49. The van der Waals surface area contributed by atoms with E-state index in [1.165, 1.54) is 25.1 Å².